The van der Waals surface area contributed by atoms with Gasteiger partial charge in [-0.15, -0.1) is 10.2 Å². The standard InChI is InChI=1S/C32H24N6O10S3.3Na/c33-26-12-5-19-13-24(50(43,44)45)16-27(39)29(19)32(26)38-36-22-8-3-18(4-9-22)17-1-6-21(7-2-17)35-37-31-25-11-10-23(49(40,41)42)14-20(25)15-28(30(31)34)51(46,47)48;;;/h1-16,39H,33-34H2,(H,40,41,42)(H,43,44,45)(H,46,47,48);;;/q;3*+1/p-3. The summed E-state index contributed by atoms with van der Waals surface area (Å²) in [6.07, 6.45) is 0. The van der Waals surface area contributed by atoms with Crippen molar-refractivity contribution in [1.82, 2.24) is 0 Å². The maximum atomic E-state index is 11.9. The van der Waals surface area contributed by atoms with E-state index in [9.17, 15) is 44.0 Å². The van der Waals surface area contributed by atoms with Crippen LogP contribution in [0, 0.1) is 0 Å². The van der Waals surface area contributed by atoms with Crippen LogP contribution >= 0.6 is 0 Å². The molecule has 54 heavy (non-hydrogen) atoms. The SMILES string of the molecule is Nc1ccc2cc(S(=O)(=O)[O-])cc(O)c2c1N=Nc1ccc(-c2ccc(N=Nc3c(N)c(S(=O)(=O)[O-])cc4cc(S(=O)(=O)[O-])ccc34)cc2)cc1.[Na+].[Na+].[Na+]. The third-order valence-corrected chi connectivity index (χ3v) is 10.1. The molecule has 0 fully saturated rings. The third-order valence-electron chi connectivity index (χ3n) is 7.61. The van der Waals surface area contributed by atoms with Crippen molar-refractivity contribution in [3.8, 4) is 16.9 Å². The van der Waals surface area contributed by atoms with E-state index in [2.05, 4.69) is 20.5 Å². The van der Waals surface area contributed by atoms with Gasteiger partial charge in [0.15, 0.2) is 0 Å². The van der Waals surface area contributed by atoms with Crippen molar-refractivity contribution >= 4 is 86.0 Å². The van der Waals surface area contributed by atoms with Gasteiger partial charge in [0.1, 0.15) is 47.5 Å². The molecule has 22 heteroatoms. The van der Waals surface area contributed by atoms with Gasteiger partial charge in [0.05, 0.1) is 42.8 Å². The second-order valence-electron chi connectivity index (χ2n) is 10.9. The Morgan fingerprint density at radius 3 is 1.52 bits per heavy atom. The summed E-state index contributed by atoms with van der Waals surface area (Å²) in [5.74, 6) is -0.505. The molecule has 0 unspecified atom stereocenters. The summed E-state index contributed by atoms with van der Waals surface area (Å²) >= 11 is 0. The van der Waals surface area contributed by atoms with Crippen LogP contribution in [0.2, 0.25) is 0 Å². The number of nitrogens with zero attached hydrogens (tertiary/aromatic N) is 4. The summed E-state index contributed by atoms with van der Waals surface area (Å²) in [4.78, 5) is -2.10. The molecule has 0 aliphatic carbocycles. The molecule has 0 saturated heterocycles. The van der Waals surface area contributed by atoms with E-state index in [4.69, 9.17) is 11.5 Å². The van der Waals surface area contributed by atoms with Gasteiger partial charge in [-0.05, 0) is 82.6 Å². The Balaban J connectivity index is 0.00000261. The fraction of sp³-hybridized carbons (Fsp3) is 0. The fourth-order valence-corrected chi connectivity index (χ4v) is 6.82. The molecule has 0 aliphatic heterocycles. The van der Waals surface area contributed by atoms with E-state index in [1.807, 2.05) is 0 Å². The molecule has 0 heterocycles. The first-order valence-electron chi connectivity index (χ1n) is 14.2. The number of azo groups is 2. The smallest absolute Gasteiger partial charge is 0.744 e. The van der Waals surface area contributed by atoms with Gasteiger partial charge in [-0.25, -0.2) is 25.3 Å². The largest absolute Gasteiger partial charge is 1.00 e. The summed E-state index contributed by atoms with van der Waals surface area (Å²) < 4.78 is 104. The molecule has 0 radical (unpaired) electrons. The van der Waals surface area contributed by atoms with Crippen molar-refractivity contribution < 1.29 is 133 Å². The number of hydrogen-bond acceptors (Lipinski definition) is 16. The minimum absolute atomic E-state index is 0. The monoisotopic (exact) mass is 814 g/mol. The average molecular weight is 815 g/mol. The summed E-state index contributed by atoms with van der Waals surface area (Å²) in [5, 5.41) is 27.4. The molecule has 16 nitrogen and oxygen atoms in total. The van der Waals surface area contributed by atoms with Crippen LogP contribution in [0.15, 0.2) is 132 Å². The maximum Gasteiger partial charge on any atom is 1.00 e. The number of hydrogen-bond donors (Lipinski definition) is 3. The normalized spacial score (nSPS) is 12.1. The Morgan fingerprint density at radius 1 is 0.519 bits per heavy atom. The van der Waals surface area contributed by atoms with Crippen LogP contribution in [-0.4, -0.2) is 44.0 Å². The van der Waals surface area contributed by atoms with Crippen LogP contribution in [-0.2, 0) is 30.4 Å². The van der Waals surface area contributed by atoms with Crippen LogP contribution in [0.5, 0.6) is 5.75 Å². The third kappa shape index (κ3) is 9.93. The predicted octanol–water partition coefficient (Wildman–Crippen LogP) is -2.91. The number of anilines is 2. The van der Waals surface area contributed by atoms with E-state index in [-0.39, 0.29) is 127 Å². The van der Waals surface area contributed by atoms with E-state index >= 15 is 0 Å². The minimum atomic E-state index is -5.11. The minimum Gasteiger partial charge on any atom is -0.744 e. The van der Waals surface area contributed by atoms with E-state index in [1.165, 1.54) is 18.2 Å². The molecule has 6 aromatic carbocycles. The first-order valence-corrected chi connectivity index (χ1v) is 18.5. The van der Waals surface area contributed by atoms with Gasteiger partial charge in [0.25, 0.3) is 0 Å². The van der Waals surface area contributed by atoms with Gasteiger partial charge in [-0.3, -0.25) is 0 Å². The van der Waals surface area contributed by atoms with Gasteiger partial charge in [-0.1, -0.05) is 36.4 Å². The number of aromatic hydroxyl groups is 1. The molecule has 0 bridgehead atoms. The Labute approximate surface area is 374 Å². The summed E-state index contributed by atoms with van der Waals surface area (Å²) in [6.45, 7) is 0. The molecule has 0 aliphatic rings. The molecule has 0 amide bonds. The Kier molecular flexibility index (Phi) is 14.8. The van der Waals surface area contributed by atoms with Gasteiger partial charge >= 0.3 is 88.7 Å². The van der Waals surface area contributed by atoms with Crippen molar-refractivity contribution in [3.05, 3.63) is 97.1 Å². The zero-order chi connectivity index (χ0) is 36.9. The van der Waals surface area contributed by atoms with Crippen molar-refractivity contribution in [2.24, 2.45) is 20.5 Å². The van der Waals surface area contributed by atoms with E-state index < -0.39 is 56.5 Å². The van der Waals surface area contributed by atoms with Crippen molar-refractivity contribution in [3.63, 3.8) is 0 Å². The molecule has 260 valence electrons. The Hall–Kier alpha value is -2.83. The molecule has 0 saturated carbocycles. The number of phenolic OH excluding ortho intramolecular Hbond substituents is 1. The van der Waals surface area contributed by atoms with Gasteiger partial charge in [0.2, 0.25) is 0 Å². The molecule has 6 aromatic rings. The predicted molar refractivity (Wildman–Crippen MR) is 183 cm³/mol. The van der Waals surface area contributed by atoms with Crippen molar-refractivity contribution in [2.75, 3.05) is 11.5 Å². The maximum absolute atomic E-state index is 11.9. The van der Waals surface area contributed by atoms with Crippen molar-refractivity contribution in [2.45, 2.75) is 14.7 Å². The number of nitrogens with two attached hydrogens (primary N) is 2. The molecule has 5 N–H and O–H groups in total. The molecular formula is C32H21N6Na3O10S3. The van der Waals surface area contributed by atoms with E-state index in [1.54, 1.807) is 48.5 Å². The zero-order valence-electron chi connectivity index (χ0n) is 28.5. The average Bonchev–Trinajstić information content (AvgIpc) is 3.06. The summed E-state index contributed by atoms with van der Waals surface area (Å²) in [5.41, 5.74) is 13.8. The van der Waals surface area contributed by atoms with Crippen LogP contribution in [0.4, 0.5) is 34.1 Å². The van der Waals surface area contributed by atoms with Gasteiger partial charge in [0, 0.05) is 5.39 Å². The van der Waals surface area contributed by atoms with Gasteiger partial charge in [-0.2, -0.15) is 10.2 Å². The molecule has 6 rings (SSSR count). The zero-order valence-corrected chi connectivity index (χ0v) is 37.0. The number of fused-ring (bicyclic) bond motifs is 2. The molecule has 0 aromatic heterocycles. The van der Waals surface area contributed by atoms with E-state index in [0.717, 1.165) is 41.5 Å². The molecule has 0 atom stereocenters. The van der Waals surface area contributed by atoms with Crippen LogP contribution in [0.3, 0.4) is 0 Å². The first-order chi connectivity index (χ1) is 23.9. The van der Waals surface area contributed by atoms with Crippen LogP contribution < -0.4 is 100 Å². The fourth-order valence-electron chi connectivity index (χ4n) is 5.15. The van der Waals surface area contributed by atoms with Gasteiger partial charge < -0.3 is 30.2 Å². The quantitative estimate of drug-likeness (QED) is 0.0603. The van der Waals surface area contributed by atoms with Crippen LogP contribution in [0.1, 0.15) is 0 Å². The number of rotatable bonds is 8. The second kappa shape index (κ2) is 17.5. The first kappa shape index (κ1) is 45.6. The summed E-state index contributed by atoms with van der Waals surface area (Å²) in [7, 11) is -14.8. The Morgan fingerprint density at radius 2 is 1.02 bits per heavy atom. The molecule has 0 spiro atoms. The Bertz CT molecular complexity index is 2810. The molecular weight excluding hydrogens is 794 g/mol. The number of phenols is 1. The number of benzene rings is 6. The van der Waals surface area contributed by atoms with E-state index in [0.29, 0.717) is 11.4 Å². The second-order valence-corrected chi connectivity index (χ2v) is 15.0. The number of nitrogen functional groups attached to an aromatic ring is 2. The van der Waals surface area contributed by atoms with Crippen molar-refractivity contribution in [1.29, 1.82) is 0 Å². The summed E-state index contributed by atoms with van der Waals surface area (Å²) in [6, 6.07) is 22.2. The topological polar surface area (TPSA) is 293 Å². The van der Waals surface area contributed by atoms with Crippen LogP contribution in [0.25, 0.3) is 32.7 Å².